The lowest BCUT2D eigenvalue weighted by Crippen LogP contribution is -2.34. The number of nitrogens with zero attached hydrogens (tertiary/aromatic N) is 1. The third-order valence-corrected chi connectivity index (χ3v) is 4.08. The molecule has 4 heteroatoms. The lowest BCUT2D eigenvalue weighted by Gasteiger charge is -2.33. The molecule has 2 aliphatic rings. The molecule has 0 amide bonds. The SMILES string of the molecule is O=C(O)c1cccc2c1CCCN2CC1CCOC1. The number of carboxylic acids is 1. The highest BCUT2D eigenvalue weighted by atomic mass is 16.5. The molecule has 4 nitrogen and oxygen atoms in total. The number of ether oxygens (including phenoxy) is 1. The Morgan fingerprint density at radius 3 is 3.11 bits per heavy atom. The van der Waals surface area contributed by atoms with E-state index in [0.29, 0.717) is 11.5 Å². The summed E-state index contributed by atoms with van der Waals surface area (Å²) in [6.07, 6.45) is 3.02. The normalized spacial score (nSPS) is 22.3. The number of aromatic carboxylic acids is 1. The Balaban J connectivity index is 1.87. The molecule has 1 atom stereocenters. The lowest BCUT2D eigenvalue weighted by molar-refractivity contribution is 0.0695. The van der Waals surface area contributed by atoms with E-state index in [1.807, 2.05) is 6.07 Å². The first kappa shape index (κ1) is 12.5. The molecular weight excluding hydrogens is 242 g/mol. The van der Waals surface area contributed by atoms with E-state index >= 15 is 0 Å². The Morgan fingerprint density at radius 2 is 2.37 bits per heavy atom. The second-order valence-electron chi connectivity index (χ2n) is 5.39. The summed E-state index contributed by atoms with van der Waals surface area (Å²) in [5.74, 6) is -0.234. The van der Waals surface area contributed by atoms with Crippen molar-refractivity contribution in [1.29, 1.82) is 0 Å². The average Bonchev–Trinajstić information content (AvgIpc) is 2.91. The number of fused-ring (bicyclic) bond motifs is 1. The van der Waals surface area contributed by atoms with E-state index in [-0.39, 0.29) is 0 Å². The van der Waals surface area contributed by atoms with Crippen LogP contribution in [0.1, 0.15) is 28.8 Å². The Kier molecular flexibility index (Phi) is 3.42. The maximum absolute atomic E-state index is 11.3. The van der Waals surface area contributed by atoms with Gasteiger partial charge in [-0.25, -0.2) is 4.79 Å². The number of hydrogen-bond acceptors (Lipinski definition) is 3. The van der Waals surface area contributed by atoms with Gasteiger partial charge in [0.1, 0.15) is 0 Å². The maximum Gasteiger partial charge on any atom is 0.336 e. The molecule has 2 aliphatic heterocycles. The van der Waals surface area contributed by atoms with Gasteiger partial charge in [0.25, 0.3) is 0 Å². The second kappa shape index (κ2) is 5.21. The molecule has 102 valence electrons. The van der Waals surface area contributed by atoms with Gasteiger partial charge in [0.2, 0.25) is 0 Å². The summed E-state index contributed by atoms with van der Waals surface area (Å²) in [4.78, 5) is 13.6. The molecule has 0 spiro atoms. The quantitative estimate of drug-likeness (QED) is 0.906. The fourth-order valence-electron chi connectivity index (χ4n) is 3.13. The van der Waals surface area contributed by atoms with Crippen molar-refractivity contribution >= 4 is 11.7 Å². The van der Waals surface area contributed by atoms with Crippen LogP contribution in [0.4, 0.5) is 5.69 Å². The van der Waals surface area contributed by atoms with Crippen molar-refractivity contribution < 1.29 is 14.6 Å². The number of carbonyl (C=O) groups is 1. The first-order valence-corrected chi connectivity index (χ1v) is 6.93. The van der Waals surface area contributed by atoms with Gasteiger partial charge in [0.15, 0.2) is 0 Å². The van der Waals surface area contributed by atoms with Crippen LogP contribution in [0.25, 0.3) is 0 Å². The molecule has 1 saturated heterocycles. The van der Waals surface area contributed by atoms with E-state index in [9.17, 15) is 9.90 Å². The van der Waals surface area contributed by atoms with Crippen LogP contribution < -0.4 is 4.90 Å². The molecule has 0 aromatic heterocycles. The second-order valence-corrected chi connectivity index (χ2v) is 5.39. The van der Waals surface area contributed by atoms with Gasteiger partial charge in [-0.05, 0) is 37.0 Å². The molecule has 1 unspecified atom stereocenters. The van der Waals surface area contributed by atoms with E-state index in [2.05, 4.69) is 11.0 Å². The lowest BCUT2D eigenvalue weighted by atomic mass is 9.95. The zero-order valence-electron chi connectivity index (χ0n) is 11.0. The van der Waals surface area contributed by atoms with Crippen molar-refractivity contribution in [3.8, 4) is 0 Å². The third-order valence-electron chi connectivity index (χ3n) is 4.08. The smallest absolute Gasteiger partial charge is 0.336 e. The number of anilines is 1. The van der Waals surface area contributed by atoms with Crippen LogP contribution in [0.3, 0.4) is 0 Å². The molecule has 1 aromatic carbocycles. The zero-order valence-corrected chi connectivity index (χ0v) is 11.0. The predicted molar refractivity (Wildman–Crippen MR) is 72.9 cm³/mol. The predicted octanol–water partition coefficient (Wildman–Crippen LogP) is 2.17. The van der Waals surface area contributed by atoms with Crippen LogP contribution in [-0.4, -0.2) is 37.4 Å². The molecule has 1 N–H and O–H groups in total. The zero-order chi connectivity index (χ0) is 13.2. The number of carboxylic acid groups (broad SMARTS) is 1. The highest BCUT2D eigenvalue weighted by Crippen LogP contribution is 2.31. The van der Waals surface area contributed by atoms with E-state index < -0.39 is 5.97 Å². The topological polar surface area (TPSA) is 49.8 Å². The Bertz CT molecular complexity index is 480. The van der Waals surface area contributed by atoms with Crippen molar-refractivity contribution in [3.63, 3.8) is 0 Å². The molecule has 1 fully saturated rings. The molecule has 0 saturated carbocycles. The largest absolute Gasteiger partial charge is 0.478 e. The fraction of sp³-hybridized carbons (Fsp3) is 0.533. The van der Waals surface area contributed by atoms with Gasteiger partial charge < -0.3 is 14.7 Å². The van der Waals surface area contributed by atoms with Gasteiger partial charge in [0, 0.05) is 31.3 Å². The molecule has 19 heavy (non-hydrogen) atoms. The summed E-state index contributed by atoms with van der Waals surface area (Å²) in [5, 5.41) is 9.27. The van der Waals surface area contributed by atoms with Gasteiger partial charge in [-0.15, -0.1) is 0 Å². The van der Waals surface area contributed by atoms with Crippen molar-refractivity contribution in [2.75, 3.05) is 31.2 Å². The molecular formula is C15H19NO3. The van der Waals surface area contributed by atoms with E-state index in [1.54, 1.807) is 6.07 Å². The average molecular weight is 261 g/mol. The number of rotatable bonds is 3. The molecule has 0 aliphatic carbocycles. The van der Waals surface area contributed by atoms with Crippen LogP contribution in [0.15, 0.2) is 18.2 Å². The van der Waals surface area contributed by atoms with Gasteiger partial charge in [-0.1, -0.05) is 6.07 Å². The van der Waals surface area contributed by atoms with Crippen LogP contribution >= 0.6 is 0 Å². The van der Waals surface area contributed by atoms with Crippen molar-refractivity contribution in [1.82, 2.24) is 0 Å². The molecule has 0 radical (unpaired) electrons. The van der Waals surface area contributed by atoms with Gasteiger partial charge >= 0.3 is 5.97 Å². The molecule has 2 heterocycles. The van der Waals surface area contributed by atoms with Gasteiger partial charge in [-0.2, -0.15) is 0 Å². The molecule has 3 rings (SSSR count). The van der Waals surface area contributed by atoms with E-state index in [0.717, 1.165) is 56.8 Å². The Morgan fingerprint density at radius 1 is 1.47 bits per heavy atom. The minimum atomic E-state index is -0.817. The Labute approximate surface area is 113 Å². The van der Waals surface area contributed by atoms with Gasteiger partial charge in [-0.3, -0.25) is 0 Å². The summed E-state index contributed by atoms with van der Waals surface area (Å²) in [6, 6.07) is 5.62. The highest BCUT2D eigenvalue weighted by molar-refractivity contribution is 5.91. The number of benzene rings is 1. The van der Waals surface area contributed by atoms with Crippen molar-refractivity contribution in [2.45, 2.75) is 19.3 Å². The molecule has 1 aromatic rings. The third kappa shape index (κ3) is 2.45. The fourth-order valence-corrected chi connectivity index (χ4v) is 3.13. The summed E-state index contributed by atoms with van der Waals surface area (Å²) in [7, 11) is 0. The standard InChI is InChI=1S/C15H19NO3/c17-15(18)13-3-1-5-14-12(13)4-2-7-16(14)9-11-6-8-19-10-11/h1,3,5,11H,2,4,6-10H2,(H,17,18). The van der Waals surface area contributed by atoms with Crippen LogP contribution in [0.5, 0.6) is 0 Å². The van der Waals surface area contributed by atoms with E-state index in [4.69, 9.17) is 4.74 Å². The minimum absolute atomic E-state index is 0.463. The highest BCUT2D eigenvalue weighted by Gasteiger charge is 2.25. The van der Waals surface area contributed by atoms with Crippen LogP contribution in [0.2, 0.25) is 0 Å². The summed E-state index contributed by atoms with van der Waals surface area (Å²) in [5.41, 5.74) is 2.57. The van der Waals surface area contributed by atoms with Crippen LogP contribution in [-0.2, 0) is 11.2 Å². The van der Waals surface area contributed by atoms with Crippen molar-refractivity contribution in [3.05, 3.63) is 29.3 Å². The number of hydrogen-bond donors (Lipinski definition) is 1. The van der Waals surface area contributed by atoms with Gasteiger partial charge in [0.05, 0.1) is 12.2 Å². The summed E-state index contributed by atoms with van der Waals surface area (Å²) >= 11 is 0. The molecule has 0 bridgehead atoms. The first-order valence-electron chi connectivity index (χ1n) is 6.93. The minimum Gasteiger partial charge on any atom is -0.478 e. The maximum atomic E-state index is 11.3. The Hall–Kier alpha value is -1.55. The van der Waals surface area contributed by atoms with Crippen LogP contribution in [0, 0.1) is 5.92 Å². The van der Waals surface area contributed by atoms with Crippen molar-refractivity contribution in [2.24, 2.45) is 5.92 Å². The van der Waals surface area contributed by atoms with E-state index in [1.165, 1.54) is 0 Å². The first-order chi connectivity index (χ1) is 9.25. The monoisotopic (exact) mass is 261 g/mol. The summed E-state index contributed by atoms with van der Waals surface area (Å²) < 4.78 is 5.43. The summed E-state index contributed by atoms with van der Waals surface area (Å²) in [6.45, 7) is 3.70.